The Hall–Kier alpha value is -2.89. The molecular weight excluding hydrogens is 344 g/mol. The Balaban J connectivity index is 1.61. The fourth-order valence-corrected chi connectivity index (χ4v) is 3.18. The molecule has 0 saturated heterocycles. The lowest BCUT2D eigenvalue weighted by Gasteiger charge is -2.19. The van der Waals surface area contributed by atoms with Crippen molar-refractivity contribution < 1.29 is 19.5 Å². The van der Waals surface area contributed by atoms with Crippen LogP contribution in [0.2, 0.25) is 0 Å². The Bertz CT molecular complexity index is 840. The van der Waals surface area contributed by atoms with Crippen LogP contribution in [-0.4, -0.2) is 29.4 Å². The largest absolute Gasteiger partial charge is 0.481 e. The third kappa shape index (κ3) is 5.29. The van der Waals surface area contributed by atoms with Gasteiger partial charge in [-0.2, -0.15) is 0 Å². The molecule has 3 N–H and O–H groups in total. The summed E-state index contributed by atoms with van der Waals surface area (Å²) in [6.45, 7) is 0.459. The number of rotatable bonds is 9. The smallest absolute Gasteiger partial charge is 0.305 e. The van der Waals surface area contributed by atoms with E-state index in [1.807, 2.05) is 42.5 Å². The topological polar surface area (TPSA) is 95.5 Å². The maximum Gasteiger partial charge on any atom is 0.305 e. The van der Waals surface area contributed by atoms with Crippen molar-refractivity contribution in [2.75, 3.05) is 6.54 Å². The molecule has 0 spiro atoms. The van der Waals surface area contributed by atoms with Gasteiger partial charge >= 0.3 is 5.97 Å². The summed E-state index contributed by atoms with van der Waals surface area (Å²) in [6, 6.07) is 12.8. The fourth-order valence-electron chi connectivity index (χ4n) is 3.18. The zero-order chi connectivity index (χ0) is 19.2. The van der Waals surface area contributed by atoms with Gasteiger partial charge in [0, 0.05) is 18.9 Å². The van der Waals surface area contributed by atoms with Crippen molar-refractivity contribution in [3.8, 4) is 0 Å². The van der Waals surface area contributed by atoms with Crippen LogP contribution in [0.1, 0.15) is 43.7 Å². The number of hydrogen-bond donors (Lipinski definition) is 3. The fraction of sp³-hybridized carbons (Fsp3) is 0.381. The summed E-state index contributed by atoms with van der Waals surface area (Å²) in [4.78, 5) is 35.2. The number of carbonyl (C=O) groups is 3. The number of benzene rings is 2. The van der Waals surface area contributed by atoms with Gasteiger partial charge in [-0.3, -0.25) is 14.4 Å². The van der Waals surface area contributed by atoms with E-state index in [1.54, 1.807) is 0 Å². The van der Waals surface area contributed by atoms with Gasteiger partial charge in [0.15, 0.2) is 0 Å². The minimum atomic E-state index is -0.968. The number of carbonyl (C=O) groups excluding carboxylic acids is 2. The molecular formula is C21H24N2O4. The molecule has 6 nitrogen and oxygen atoms in total. The van der Waals surface area contributed by atoms with Gasteiger partial charge in [-0.05, 0) is 35.6 Å². The second kappa shape index (κ2) is 8.66. The summed E-state index contributed by atoms with van der Waals surface area (Å²) in [5, 5.41) is 16.9. The van der Waals surface area contributed by atoms with Crippen LogP contribution in [0, 0.1) is 5.92 Å². The highest BCUT2D eigenvalue weighted by atomic mass is 16.4. The number of fused-ring (bicyclic) bond motifs is 1. The number of carboxylic acids is 1. The van der Waals surface area contributed by atoms with E-state index in [2.05, 4.69) is 10.6 Å². The van der Waals surface area contributed by atoms with Gasteiger partial charge in [0.2, 0.25) is 11.8 Å². The number of aliphatic carboxylic acids is 1. The number of carboxylic acid groups (broad SMARTS) is 1. The van der Waals surface area contributed by atoms with E-state index in [4.69, 9.17) is 0 Å². The van der Waals surface area contributed by atoms with E-state index in [1.165, 1.54) is 0 Å². The summed E-state index contributed by atoms with van der Waals surface area (Å²) >= 11 is 0. The minimum Gasteiger partial charge on any atom is -0.481 e. The molecule has 3 rings (SSSR count). The number of amides is 2. The molecule has 1 fully saturated rings. The van der Waals surface area contributed by atoms with Crippen molar-refractivity contribution in [3.05, 3.63) is 48.0 Å². The first-order chi connectivity index (χ1) is 13.0. The minimum absolute atomic E-state index is 0.0647. The molecule has 0 aromatic heterocycles. The molecule has 142 valence electrons. The summed E-state index contributed by atoms with van der Waals surface area (Å²) in [6.07, 6.45) is 2.49. The molecule has 2 aromatic rings. The maximum atomic E-state index is 12.3. The zero-order valence-corrected chi connectivity index (χ0v) is 15.1. The molecule has 0 bridgehead atoms. The van der Waals surface area contributed by atoms with Crippen molar-refractivity contribution in [2.45, 2.75) is 38.1 Å². The molecule has 2 aromatic carbocycles. The number of nitrogens with one attached hydrogen (secondary N) is 2. The van der Waals surface area contributed by atoms with Crippen molar-refractivity contribution in [1.82, 2.24) is 10.6 Å². The summed E-state index contributed by atoms with van der Waals surface area (Å²) < 4.78 is 0. The number of hydrogen-bond acceptors (Lipinski definition) is 3. The average molecular weight is 368 g/mol. The molecule has 1 saturated carbocycles. The molecule has 0 aliphatic heterocycles. The van der Waals surface area contributed by atoms with Gasteiger partial charge < -0.3 is 15.7 Å². The third-order valence-corrected chi connectivity index (χ3v) is 4.74. The Morgan fingerprint density at radius 3 is 2.56 bits per heavy atom. The van der Waals surface area contributed by atoms with E-state index in [9.17, 15) is 19.5 Å². The average Bonchev–Trinajstić information content (AvgIpc) is 3.49. The highest BCUT2D eigenvalue weighted by molar-refractivity contribution is 5.87. The van der Waals surface area contributed by atoms with Gasteiger partial charge in [-0.1, -0.05) is 42.5 Å². The first kappa shape index (κ1) is 18.9. The molecule has 0 unspecified atom stereocenters. The Morgan fingerprint density at radius 2 is 1.81 bits per heavy atom. The molecule has 27 heavy (non-hydrogen) atoms. The molecule has 0 heterocycles. The second-order valence-corrected chi connectivity index (χ2v) is 6.96. The van der Waals surface area contributed by atoms with Gasteiger partial charge in [-0.25, -0.2) is 0 Å². The van der Waals surface area contributed by atoms with Gasteiger partial charge in [0.05, 0.1) is 12.5 Å². The van der Waals surface area contributed by atoms with Crippen LogP contribution >= 0.6 is 0 Å². The molecule has 2 amide bonds. The van der Waals surface area contributed by atoms with E-state index in [0.717, 1.165) is 29.2 Å². The third-order valence-electron chi connectivity index (χ3n) is 4.74. The van der Waals surface area contributed by atoms with Crippen LogP contribution in [0.25, 0.3) is 10.8 Å². The second-order valence-electron chi connectivity index (χ2n) is 6.96. The lowest BCUT2D eigenvalue weighted by Crippen LogP contribution is -2.31. The van der Waals surface area contributed by atoms with Gasteiger partial charge in [0.25, 0.3) is 0 Å². The van der Waals surface area contributed by atoms with Crippen LogP contribution in [0.3, 0.4) is 0 Å². The normalized spacial score (nSPS) is 14.5. The summed E-state index contributed by atoms with van der Waals surface area (Å²) in [5.41, 5.74) is 0.797. The quantitative estimate of drug-likeness (QED) is 0.593. The Morgan fingerprint density at radius 1 is 1.07 bits per heavy atom. The van der Waals surface area contributed by atoms with E-state index < -0.39 is 12.0 Å². The highest BCUT2D eigenvalue weighted by Crippen LogP contribution is 2.29. The first-order valence-electron chi connectivity index (χ1n) is 9.31. The predicted octanol–water partition coefficient (Wildman–Crippen LogP) is 2.78. The Labute approximate surface area is 158 Å². The van der Waals surface area contributed by atoms with Crippen LogP contribution in [0.15, 0.2) is 42.5 Å². The van der Waals surface area contributed by atoms with Crippen molar-refractivity contribution in [1.29, 1.82) is 0 Å². The maximum absolute atomic E-state index is 12.3. The summed E-state index contributed by atoms with van der Waals surface area (Å²) in [5.74, 6) is -0.958. The molecule has 0 radical (unpaired) electrons. The van der Waals surface area contributed by atoms with Crippen molar-refractivity contribution >= 4 is 28.6 Å². The lowest BCUT2D eigenvalue weighted by atomic mass is 9.96. The van der Waals surface area contributed by atoms with Crippen LogP contribution in [0.5, 0.6) is 0 Å². The van der Waals surface area contributed by atoms with Gasteiger partial charge in [-0.15, -0.1) is 0 Å². The van der Waals surface area contributed by atoms with Crippen LogP contribution in [-0.2, 0) is 14.4 Å². The van der Waals surface area contributed by atoms with Gasteiger partial charge in [0.1, 0.15) is 0 Å². The van der Waals surface area contributed by atoms with E-state index in [0.29, 0.717) is 13.0 Å². The monoisotopic (exact) mass is 368 g/mol. The first-order valence-corrected chi connectivity index (χ1v) is 9.31. The highest BCUT2D eigenvalue weighted by Gasteiger charge is 2.29. The predicted molar refractivity (Wildman–Crippen MR) is 102 cm³/mol. The molecule has 1 aliphatic rings. The molecule has 1 aliphatic carbocycles. The van der Waals surface area contributed by atoms with Crippen molar-refractivity contribution in [2.24, 2.45) is 5.92 Å². The summed E-state index contributed by atoms with van der Waals surface area (Å²) in [7, 11) is 0. The molecule has 1 atom stereocenters. The zero-order valence-electron chi connectivity index (χ0n) is 15.1. The van der Waals surface area contributed by atoms with Crippen LogP contribution < -0.4 is 10.6 Å². The van der Waals surface area contributed by atoms with E-state index >= 15 is 0 Å². The van der Waals surface area contributed by atoms with E-state index in [-0.39, 0.29) is 30.6 Å². The Kier molecular flexibility index (Phi) is 6.06. The lowest BCUT2D eigenvalue weighted by molar-refractivity contribution is -0.137. The van der Waals surface area contributed by atoms with Crippen LogP contribution in [0.4, 0.5) is 0 Å². The molecule has 6 heteroatoms. The SMILES string of the molecule is O=C(O)C[C@@H](NC(=O)CCCNC(=O)C1CC1)c1cccc2ccccc12. The standard InChI is InChI=1S/C21H24N2O4/c24-19(9-4-12-22-21(27)15-10-11-15)23-18(13-20(25)26)17-8-3-6-14-5-1-2-7-16(14)17/h1-3,5-8,15,18H,4,9-13H2,(H,22,27)(H,23,24)(H,25,26)/t18-/m1/s1. The van der Waals surface area contributed by atoms with Crippen molar-refractivity contribution in [3.63, 3.8) is 0 Å².